The Morgan fingerprint density at radius 3 is 1.96 bits per heavy atom. The first-order chi connectivity index (χ1) is 21.7. The fraction of sp³-hybridized carbons (Fsp3) is 0.306. The molecule has 10 heteroatoms. The average Bonchev–Trinajstić information content (AvgIpc) is 3.01. The Kier molecular flexibility index (Phi) is 9.54. The fourth-order valence-corrected chi connectivity index (χ4v) is 7.69. The van der Waals surface area contributed by atoms with Crippen LogP contribution < -0.4 is 9.08 Å². The third-order valence-electron chi connectivity index (χ3n) is 9.00. The fourth-order valence-electron chi connectivity index (χ4n) is 5.42. The summed E-state index contributed by atoms with van der Waals surface area (Å²) in [7, 11) is -6.26. The molecule has 4 aromatic carbocycles. The van der Waals surface area contributed by atoms with E-state index in [9.17, 15) is 22.0 Å². The molecule has 5 rings (SSSR count). The van der Waals surface area contributed by atoms with Gasteiger partial charge in [-0.1, -0.05) is 63.2 Å². The Morgan fingerprint density at radius 2 is 1.39 bits per heavy atom. The SMILES string of the molecule is CC(C)(C)[Si](C)(C)O[C@@H](CC[C@H]1C(=O)N(c2ccc(F)cc2)[C@@H]1c1ccc(OS(=O)(=O)c2ccccc2)cc1)c1ccc(F)cc1. The summed E-state index contributed by atoms with van der Waals surface area (Å²) in [5.74, 6) is -1.12. The molecule has 242 valence electrons. The van der Waals surface area contributed by atoms with Gasteiger partial charge in [0.15, 0.2) is 8.32 Å². The number of halogens is 2. The zero-order chi connectivity index (χ0) is 33.3. The van der Waals surface area contributed by atoms with Crippen molar-refractivity contribution in [3.63, 3.8) is 0 Å². The molecule has 4 aromatic rings. The predicted molar refractivity (Wildman–Crippen MR) is 177 cm³/mol. The number of anilines is 1. The van der Waals surface area contributed by atoms with Gasteiger partial charge in [-0.3, -0.25) is 4.79 Å². The Bertz CT molecular complexity index is 1760. The molecule has 0 aromatic heterocycles. The quantitative estimate of drug-likeness (QED) is 0.0910. The van der Waals surface area contributed by atoms with E-state index in [0.717, 1.165) is 11.1 Å². The number of benzene rings is 4. The number of carbonyl (C=O) groups is 1. The van der Waals surface area contributed by atoms with Crippen LogP contribution in [0.5, 0.6) is 5.75 Å². The maximum Gasteiger partial charge on any atom is 0.339 e. The van der Waals surface area contributed by atoms with Crippen LogP contribution in [0.25, 0.3) is 0 Å². The highest BCUT2D eigenvalue weighted by molar-refractivity contribution is 7.87. The Labute approximate surface area is 271 Å². The molecule has 46 heavy (non-hydrogen) atoms. The summed E-state index contributed by atoms with van der Waals surface area (Å²) >= 11 is 0. The summed E-state index contributed by atoms with van der Waals surface area (Å²) in [5, 5.41) is -0.0582. The van der Waals surface area contributed by atoms with Crippen LogP contribution in [0.2, 0.25) is 18.1 Å². The van der Waals surface area contributed by atoms with E-state index in [1.165, 1.54) is 36.4 Å². The molecule has 1 aliphatic heterocycles. The average molecular weight is 664 g/mol. The monoisotopic (exact) mass is 663 g/mol. The van der Waals surface area contributed by atoms with E-state index in [4.69, 9.17) is 8.61 Å². The number of rotatable bonds is 11. The van der Waals surface area contributed by atoms with Crippen molar-refractivity contribution in [1.29, 1.82) is 0 Å². The minimum Gasteiger partial charge on any atom is -0.410 e. The summed E-state index contributed by atoms with van der Waals surface area (Å²) in [6.07, 6.45) is 0.672. The smallest absolute Gasteiger partial charge is 0.339 e. The van der Waals surface area contributed by atoms with E-state index in [-0.39, 0.29) is 39.6 Å². The molecule has 3 atom stereocenters. The van der Waals surface area contributed by atoms with Crippen molar-refractivity contribution in [2.24, 2.45) is 5.92 Å². The molecule has 1 saturated heterocycles. The molecule has 0 unspecified atom stereocenters. The highest BCUT2D eigenvalue weighted by atomic mass is 32.2. The number of carbonyl (C=O) groups excluding carboxylic acids is 1. The molecular weight excluding hydrogens is 625 g/mol. The van der Waals surface area contributed by atoms with Gasteiger partial charge in [-0.25, -0.2) is 8.78 Å². The second-order valence-electron chi connectivity index (χ2n) is 13.2. The van der Waals surface area contributed by atoms with Crippen molar-refractivity contribution >= 4 is 30.0 Å². The van der Waals surface area contributed by atoms with Crippen molar-refractivity contribution < 1.29 is 30.6 Å². The van der Waals surface area contributed by atoms with Crippen LogP contribution in [0.4, 0.5) is 14.5 Å². The van der Waals surface area contributed by atoms with Gasteiger partial charge in [0.25, 0.3) is 0 Å². The van der Waals surface area contributed by atoms with Crippen LogP contribution in [-0.2, 0) is 19.3 Å². The topological polar surface area (TPSA) is 72.9 Å². The van der Waals surface area contributed by atoms with E-state index in [2.05, 4.69) is 33.9 Å². The number of β-lactam (4-membered cyclic amide) rings is 1. The number of nitrogens with zero attached hydrogens (tertiary/aromatic N) is 1. The lowest BCUT2D eigenvalue weighted by atomic mass is 9.78. The van der Waals surface area contributed by atoms with Crippen LogP contribution in [0.3, 0.4) is 0 Å². The normalized spacial score (nSPS) is 17.8. The third-order valence-corrected chi connectivity index (χ3v) is 14.8. The first kappa shape index (κ1) is 33.5. The summed E-state index contributed by atoms with van der Waals surface area (Å²) in [4.78, 5) is 15.4. The van der Waals surface area contributed by atoms with Gasteiger partial charge >= 0.3 is 10.1 Å². The van der Waals surface area contributed by atoms with E-state index < -0.39 is 30.2 Å². The Hall–Kier alpha value is -3.86. The van der Waals surface area contributed by atoms with Gasteiger partial charge in [-0.15, -0.1) is 0 Å². The Morgan fingerprint density at radius 1 is 0.826 bits per heavy atom. The lowest BCUT2D eigenvalue weighted by molar-refractivity contribution is -0.131. The van der Waals surface area contributed by atoms with Gasteiger partial charge in [0.2, 0.25) is 5.91 Å². The number of hydrogen-bond acceptors (Lipinski definition) is 5. The van der Waals surface area contributed by atoms with Crippen LogP contribution in [0, 0.1) is 17.6 Å². The van der Waals surface area contributed by atoms with Crippen molar-refractivity contribution in [3.8, 4) is 5.75 Å². The van der Waals surface area contributed by atoms with Crippen LogP contribution in [0.1, 0.15) is 56.9 Å². The van der Waals surface area contributed by atoms with Gasteiger partial charge in [-0.2, -0.15) is 8.42 Å². The molecule has 0 radical (unpaired) electrons. The van der Waals surface area contributed by atoms with Gasteiger partial charge in [-0.05, 0) is 103 Å². The standard InChI is InChI=1S/C36H39F2NO5SSi/c1-36(2,3)46(4,5)44-33(25-11-15-27(37)16-12-25)24-23-32-34(39(35(32)40)29-19-17-28(38)18-20-29)26-13-21-30(22-14-26)43-45(41,42)31-9-7-6-8-10-31/h6-22,32-34H,23-24H2,1-5H3/t32-,33+,34-/m1/s1. The molecule has 1 amide bonds. The van der Waals surface area contributed by atoms with Crippen LogP contribution in [-0.4, -0.2) is 22.6 Å². The second-order valence-corrected chi connectivity index (χ2v) is 19.5. The molecule has 0 aliphatic carbocycles. The zero-order valence-electron chi connectivity index (χ0n) is 26.6. The van der Waals surface area contributed by atoms with Gasteiger partial charge in [0, 0.05) is 5.69 Å². The molecular formula is C36H39F2NO5SSi. The third kappa shape index (κ3) is 7.24. The minimum absolute atomic E-state index is 0.0434. The largest absolute Gasteiger partial charge is 0.410 e. The zero-order valence-corrected chi connectivity index (χ0v) is 28.4. The molecule has 1 fully saturated rings. The van der Waals surface area contributed by atoms with Crippen molar-refractivity contribution in [2.75, 3.05) is 4.90 Å². The van der Waals surface area contributed by atoms with E-state index in [1.807, 2.05) is 0 Å². The highest BCUT2D eigenvalue weighted by Gasteiger charge is 2.49. The summed E-state index contributed by atoms with van der Waals surface area (Å²) < 4.78 is 65.3. The maximum atomic E-state index is 13.8. The number of hydrogen-bond donors (Lipinski definition) is 0. The lowest BCUT2D eigenvalue weighted by Gasteiger charge is -2.48. The van der Waals surface area contributed by atoms with Crippen molar-refractivity contribution in [2.45, 2.75) is 68.8 Å². The summed E-state index contributed by atoms with van der Waals surface area (Å²) in [6.45, 7) is 10.8. The van der Waals surface area contributed by atoms with Gasteiger partial charge < -0.3 is 13.5 Å². The molecule has 1 heterocycles. The van der Waals surface area contributed by atoms with Gasteiger partial charge in [0.1, 0.15) is 22.3 Å². The molecule has 0 bridgehead atoms. The highest BCUT2D eigenvalue weighted by Crippen LogP contribution is 2.48. The maximum absolute atomic E-state index is 13.8. The molecule has 6 nitrogen and oxygen atoms in total. The summed E-state index contributed by atoms with van der Waals surface area (Å²) in [5.41, 5.74) is 2.19. The first-order valence-corrected chi connectivity index (χ1v) is 19.6. The summed E-state index contributed by atoms with van der Waals surface area (Å²) in [6, 6.07) is 26.2. The predicted octanol–water partition coefficient (Wildman–Crippen LogP) is 8.98. The van der Waals surface area contributed by atoms with Crippen molar-refractivity contribution in [1.82, 2.24) is 0 Å². The number of amides is 1. The van der Waals surface area contributed by atoms with Gasteiger partial charge in [0.05, 0.1) is 18.1 Å². The second kappa shape index (κ2) is 13.1. The van der Waals surface area contributed by atoms with Crippen LogP contribution in [0.15, 0.2) is 108 Å². The Balaban J connectivity index is 1.42. The van der Waals surface area contributed by atoms with Crippen LogP contribution >= 0.6 is 0 Å². The van der Waals surface area contributed by atoms with Crippen molar-refractivity contribution in [3.05, 3.63) is 126 Å². The molecule has 0 saturated carbocycles. The van der Waals surface area contributed by atoms with E-state index in [0.29, 0.717) is 18.5 Å². The van der Waals surface area contributed by atoms with E-state index in [1.54, 1.807) is 71.6 Å². The van der Waals surface area contributed by atoms with E-state index >= 15 is 0 Å². The molecule has 0 N–H and O–H groups in total. The molecule has 1 aliphatic rings. The molecule has 0 spiro atoms. The lowest BCUT2D eigenvalue weighted by Crippen LogP contribution is -2.55. The minimum atomic E-state index is -4.02. The first-order valence-electron chi connectivity index (χ1n) is 15.3.